The Morgan fingerprint density at radius 3 is 2.92 bits per heavy atom. The van der Waals surface area contributed by atoms with Gasteiger partial charge in [-0.1, -0.05) is 6.07 Å². The molecular weight excluding hydrogens is 350 g/mol. The third kappa shape index (κ3) is 3.71. The highest BCUT2D eigenvalue weighted by Gasteiger charge is 2.35. The van der Waals surface area contributed by atoms with Gasteiger partial charge in [-0.05, 0) is 11.4 Å². The number of nitrogens with zero attached hydrogens (tertiary/aromatic N) is 1. The average molecular weight is 367 g/mol. The van der Waals surface area contributed by atoms with E-state index in [0.29, 0.717) is 0 Å². The summed E-state index contributed by atoms with van der Waals surface area (Å²) in [5.74, 6) is -0.624. The number of hydrogen-bond acceptors (Lipinski definition) is 7. The molecule has 4 N–H and O–H groups in total. The summed E-state index contributed by atoms with van der Waals surface area (Å²) in [7, 11) is 0. The van der Waals surface area contributed by atoms with Gasteiger partial charge in [0.2, 0.25) is 0 Å². The first-order chi connectivity index (χ1) is 12.0. The monoisotopic (exact) mass is 367 g/mol. The number of nitrogens with one attached hydrogen (secondary N) is 2. The first-order valence-electron chi connectivity index (χ1n) is 7.60. The molecule has 0 unspecified atom stereocenters. The van der Waals surface area contributed by atoms with Crippen LogP contribution in [0.1, 0.15) is 27.9 Å². The molecule has 1 fully saturated rings. The lowest BCUT2D eigenvalue weighted by Crippen LogP contribution is -2.38. The number of carbonyl (C=O) groups is 1. The lowest BCUT2D eigenvalue weighted by molar-refractivity contribution is -0.0459. The number of rotatable bonds is 5. The van der Waals surface area contributed by atoms with Crippen molar-refractivity contribution in [2.75, 3.05) is 6.61 Å². The molecule has 0 bridgehead atoms. The Morgan fingerprint density at radius 1 is 1.48 bits per heavy atom. The van der Waals surface area contributed by atoms with Crippen LogP contribution in [0.25, 0.3) is 0 Å². The number of aromatic amines is 1. The minimum Gasteiger partial charge on any atom is -0.394 e. The summed E-state index contributed by atoms with van der Waals surface area (Å²) in [4.78, 5) is 39.2. The summed E-state index contributed by atoms with van der Waals surface area (Å²) >= 11 is 1.47. The number of hydrogen-bond donors (Lipinski definition) is 4. The maximum atomic E-state index is 12.3. The van der Waals surface area contributed by atoms with E-state index >= 15 is 0 Å². The Bertz CT molecular complexity index is 859. The molecule has 134 valence electrons. The van der Waals surface area contributed by atoms with Gasteiger partial charge in [-0.2, -0.15) is 0 Å². The van der Waals surface area contributed by atoms with Gasteiger partial charge in [-0.25, -0.2) is 4.79 Å². The fourth-order valence-corrected chi connectivity index (χ4v) is 3.23. The Morgan fingerprint density at radius 2 is 2.28 bits per heavy atom. The van der Waals surface area contributed by atoms with Gasteiger partial charge in [-0.15, -0.1) is 11.3 Å². The van der Waals surface area contributed by atoms with Crippen LogP contribution in [0.3, 0.4) is 0 Å². The number of H-pyrrole nitrogens is 1. The molecular formula is C15H17N3O6S. The standard InChI is InChI=1S/C15H17N3O6S/c19-7-11-10(20)4-12(24-11)18-6-9(14(22)17-15(18)23)13(21)16-5-8-2-1-3-25-8/h1-3,6,10-12,19-20H,4-5,7H2,(H,16,21)(H,17,22,23)/t10-,11+,12+/m0/s1. The molecule has 1 aliphatic rings. The average Bonchev–Trinajstić information content (AvgIpc) is 3.22. The van der Waals surface area contributed by atoms with Crippen LogP contribution in [0.5, 0.6) is 0 Å². The van der Waals surface area contributed by atoms with Crippen LogP contribution in [-0.2, 0) is 11.3 Å². The van der Waals surface area contributed by atoms with Crippen LogP contribution in [-0.4, -0.2) is 44.5 Å². The predicted octanol–water partition coefficient (Wildman–Crippen LogP) is -0.831. The van der Waals surface area contributed by atoms with E-state index in [1.165, 1.54) is 11.3 Å². The molecule has 2 aromatic rings. The Labute approximate surface area is 145 Å². The van der Waals surface area contributed by atoms with Crippen molar-refractivity contribution in [2.45, 2.75) is 31.4 Å². The number of aliphatic hydroxyl groups excluding tert-OH is 2. The molecule has 1 saturated heterocycles. The van der Waals surface area contributed by atoms with Crippen LogP contribution in [0.4, 0.5) is 0 Å². The molecule has 1 aliphatic heterocycles. The van der Waals surface area contributed by atoms with Gasteiger partial charge in [0.1, 0.15) is 17.9 Å². The highest BCUT2D eigenvalue weighted by molar-refractivity contribution is 7.09. The largest absolute Gasteiger partial charge is 0.394 e. The van der Waals surface area contributed by atoms with Crippen LogP contribution in [0.2, 0.25) is 0 Å². The number of amides is 1. The lowest BCUT2D eigenvalue weighted by atomic mass is 10.2. The molecule has 0 radical (unpaired) electrons. The SMILES string of the molecule is O=C(NCc1cccs1)c1cn([C@H]2C[C@H](O)[C@@H](CO)O2)c(=O)[nH]c1=O. The molecule has 1 amide bonds. The predicted molar refractivity (Wildman–Crippen MR) is 88.4 cm³/mol. The molecule has 10 heteroatoms. The maximum absolute atomic E-state index is 12.3. The first kappa shape index (κ1) is 17.5. The lowest BCUT2D eigenvalue weighted by Gasteiger charge is -2.15. The van der Waals surface area contributed by atoms with Crippen LogP contribution in [0, 0.1) is 0 Å². The second-order valence-electron chi connectivity index (χ2n) is 5.59. The van der Waals surface area contributed by atoms with Gasteiger partial charge >= 0.3 is 5.69 Å². The number of thiophene rings is 1. The van der Waals surface area contributed by atoms with Crippen molar-refractivity contribution in [1.82, 2.24) is 14.9 Å². The van der Waals surface area contributed by atoms with Crippen LogP contribution in [0.15, 0.2) is 33.3 Å². The quantitative estimate of drug-likeness (QED) is 0.545. The van der Waals surface area contributed by atoms with E-state index in [2.05, 4.69) is 10.3 Å². The number of ether oxygens (including phenoxy) is 1. The van der Waals surface area contributed by atoms with Crippen molar-refractivity contribution in [3.05, 3.63) is 55.0 Å². The van der Waals surface area contributed by atoms with E-state index in [1.807, 2.05) is 17.5 Å². The van der Waals surface area contributed by atoms with E-state index in [-0.39, 0.29) is 18.5 Å². The fraction of sp³-hybridized carbons (Fsp3) is 0.400. The van der Waals surface area contributed by atoms with Crippen molar-refractivity contribution in [2.24, 2.45) is 0 Å². The van der Waals surface area contributed by atoms with Gasteiger partial charge in [0.15, 0.2) is 0 Å². The molecule has 9 nitrogen and oxygen atoms in total. The van der Waals surface area contributed by atoms with Crippen molar-refractivity contribution in [1.29, 1.82) is 0 Å². The topological polar surface area (TPSA) is 134 Å². The minimum atomic E-state index is -0.940. The molecule has 0 spiro atoms. The number of aliphatic hydroxyl groups is 2. The van der Waals surface area contributed by atoms with Crippen LogP contribution < -0.4 is 16.6 Å². The summed E-state index contributed by atoms with van der Waals surface area (Å²) in [6.07, 6.45) is -1.46. The minimum absolute atomic E-state index is 0.0629. The second kappa shape index (κ2) is 7.31. The third-order valence-corrected chi connectivity index (χ3v) is 4.79. The summed E-state index contributed by atoms with van der Waals surface area (Å²) in [5, 5.41) is 23.4. The number of carbonyl (C=O) groups excluding carboxylic acids is 1. The van der Waals surface area contributed by atoms with E-state index < -0.39 is 42.2 Å². The molecule has 0 aromatic carbocycles. The highest BCUT2D eigenvalue weighted by atomic mass is 32.1. The molecule has 2 aromatic heterocycles. The zero-order valence-corrected chi connectivity index (χ0v) is 13.9. The maximum Gasteiger partial charge on any atom is 0.330 e. The zero-order chi connectivity index (χ0) is 18.0. The fourth-order valence-electron chi connectivity index (χ4n) is 2.59. The van der Waals surface area contributed by atoms with Gasteiger partial charge < -0.3 is 20.3 Å². The van der Waals surface area contributed by atoms with E-state index in [9.17, 15) is 19.5 Å². The third-order valence-electron chi connectivity index (χ3n) is 3.91. The van der Waals surface area contributed by atoms with Gasteiger partial charge in [0, 0.05) is 17.5 Å². The van der Waals surface area contributed by atoms with Gasteiger partial charge in [0.05, 0.1) is 19.3 Å². The second-order valence-corrected chi connectivity index (χ2v) is 6.62. The van der Waals surface area contributed by atoms with Crippen LogP contribution >= 0.6 is 11.3 Å². The summed E-state index contributed by atoms with van der Waals surface area (Å²) < 4.78 is 6.44. The molecule has 0 saturated carbocycles. The Hall–Kier alpha value is -2.27. The Balaban J connectivity index is 1.82. The van der Waals surface area contributed by atoms with Gasteiger partial charge in [-0.3, -0.25) is 19.1 Å². The molecule has 0 aliphatic carbocycles. The van der Waals surface area contributed by atoms with Crippen molar-refractivity contribution in [3.8, 4) is 0 Å². The molecule has 25 heavy (non-hydrogen) atoms. The van der Waals surface area contributed by atoms with Crippen molar-refractivity contribution in [3.63, 3.8) is 0 Å². The molecule has 3 rings (SSSR count). The van der Waals surface area contributed by atoms with Crippen molar-refractivity contribution >= 4 is 17.2 Å². The Kier molecular flexibility index (Phi) is 5.13. The summed E-state index contributed by atoms with van der Waals surface area (Å²) in [5.41, 5.74) is -1.79. The summed E-state index contributed by atoms with van der Waals surface area (Å²) in [6.45, 7) is -0.135. The molecule has 3 atom stereocenters. The normalized spacial score (nSPS) is 22.9. The smallest absolute Gasteiger partial charge is 0.330 e. The summed E-state index contributed by atoms with van der Waals surface area (Å²) in [6, 6.07) is 3.69. The number of aromatic nitrogens is 2. The van der Waals surface area contributed by atoms with E-state index in [0.717, 1.165) is 15.6 Å². The first-order valence-corrected chi connectivity index (χ1v) is 8.48. The van der Waals surface area contributed by atoms with Gasteiger partial charge in [0.25, 0.3) is 11.5 Å². The highest BCUT2D eigenvalue weighted by Crippen LogP contribution is 2.27. The molecule has 3 heterocycles. The zero-order valence-electron chi connectivity index (χ0n) is 13.0. The van der Waals surface area contributed by atoms with Crippen molar-refractivity contribution < 1.29 is 19.7 Å². The van der Waals surface area contributed by atoms with E-state index in [4.69, 9.17) is 9.84 Å². The van der Waals surface area contributed by atoms with E-state index in [1.54, 1.807) is 0 Å².